The number of nitrogens with one attached hydrogen (secondary N) is 1. The Labute approximate surface area is 239 Å². The van der Waals surface area contributed by atoms with E-state index < -0.39 is 17.8 Å². The third-order valence-electron chi connectivity index (χ3n) is 8.33. The van der Waals surface area contributed by atoms with Crippen molar-refractivity contribution in [2.75, 3.05) is 31.0 Å². The van der Waals surface area contributed by atoms with Crippen molar-refractivity contribution in [3.63, 3.8) is 0 Å². The summed E-state index contributed by atoms with van der Waals surface area (Å²) in [5.41, 5.74) is 6.86. The lowest BCUT2D eigenvalue weighted by Crippen LogP contribution is -2.46. The number of nitrogens with zero attached hydrogens (tertiary/aromatic N) is 4. The highest BCUT2D eigenvalue weighted by atomic mass is 19.4. The van der Waals surface area contributed by atoms with Crippen LogP contribution >= 0.6 is 0 Å². The second-order valence-corrected chi connectivity index (χ2v) is 11.0. The average Bonchev–Trinajstić information content (AvgIpc) is 2.91. The van der Waals surface area contributed by atoms with Crippen LogP contribution in [0.4, 0.5) is 19.1 Å². The summed E-state index contributed by atoms with van der Waals surface area (Å²) >= 11 is 0. The van der Waals surface area contributed by atoms with Crippen LogP contribution in [0.15, 0.2) is 29.1 Å². The molecule has 220 valence electrons. The average molecular weight is 570 g/mol. The van der Waals surface area contributed by atoms with E-state index in [1.807, 2.05) is 20.8 Å². The largest absolute Gasteiger partial charge is 0.416 e. The maximum absolute atomic E-state index is 13.9. The fourth-order valence-electron chi connectivity index (χ4n) is 5.76. The first-order valence-corrected chi connectivity index (χ1v) is 13.8. The van der Waals surface area contributed by atoms with Crippen LogP contribution in [0.3, 0.4) is 0 Å². The zero-order valence-electron chi connectivity index (χ0n) is 25.0. The number of halogens is 3. The Balaban J connectivity index is 1.66. The molecule has 2 aromatic carbocycles. The first-order valence-electron chi connectivity index (χ1n) is 13.8. The normalized spacial score (nSPS) is 14.1. The lowest BCUT2D eigenvalue weighted by Gasteiger charge is -2.32. The van der Waals surface area contributed by atoms with Gasteiger partial charge in [0.15, 0.2) is 0 Å². The molecular formula is C31H38F3N5O2. The Bertz CT molecular complexity index is 1540. The minimum Gasteiger partial charge on any atom is -0.348 e. The number of carbonyl (C=O) groups excluding carboxylic acids is 1. The zero-order valence-corrected chi connectivity index (χ0v) is 25.0. The number of rotatable bonds is 6. The third kappa shape index (κ3) is 5.56. The third-order valence-corrected chi connectivity index (χ3v) is 8.33. The van der Waals surface area contributed by atoms with Gasteiger partial charge in [-0.3, -0.25) is 9.59 Å². The molecule has 0 radical (unpaired) electrons. The molecule has 41 heavy (non-hydrogen) atoms. The molecule has 2 heterocycles. The number of alkyl halides is 3. The first-order chi connectivity index (χ1) is 19.2. The van der Waals surface area contributed by atoms with Gasteiger partial charge in [0.2, 0.25) is 5.95 Å². The second kappa shape index (κ2) is 11.2. The van der Waals surface area contributed by atoms with Gasteiger partial charge < -0.3 is 15.2 Å². The number of carbonyl (C=O) groups is 1. The topological polar surface area (TPSA) is 70.5 Å². The predicted molar refractivity (Wildman–Crippen MR) is 155 cm³/mol. The van der Waals surface area contributed by atoms with E-state index in [2.05, 4.69) is 19.2 Å². The van der Waals surface area contributed by atoms with E-state index in [4.69, 9.17) is 4.98 Å². The standard InChI is InChI=1S/C31H38F3N5O2/c1-9-24-18(3)17(2)19(4)27(20(24)5)29(41)38-15-14-26-25(16-38)28(40)39(37(7)8)30(36-26)35-21(6)22-10-12-23(13-11-22)31(32,33)34/h10-13,21H,9,14-16H2,1-8H3,(H,35,36). The van der Waals surface area contributed by atoms with Crippen LogP contribution in [0.2, 0.25) is 0 Å². The molecule has 4 rings (SSSR count). The molecule has 1 aromatic heterocycles. The molecule has 0 spiro atoms. The Kier molecular flexibility index (Phi) is 8.25. The van der Waals surface area contributed by atoms with Crippen molar-refractivity contribution < 1.29 is 18.0 Å². The van der Waals surface area contributed by atoms with Crippen molar-refractivity contribution in [1.29, 1.82) is 0 Å². The predicted octanol–water partition coefficient (Wildman–Crippen LogP) is 5.63. The number of fused-ring (bicyclic) bond motifs is 1. The number of hydrogen-bond acceptors (Lipinski definition) is 5. The van der Waals surface area contributed by atoms with Crippen molar-refractivity contribution in [3.05, 3.63) is 90.4 Å². The van der Waals surface area contributed by atoms with Gasteiger partial charge in [-0.05, 0) is 86.6 Å². The monoisotopic (exact) mass is 569 g/mol. The minimum absolute atomic E-state index is 0.0858. The minimum atomic E-state index is -4.41. The quantitative estimate of drug-likeness (QED) is 0.417. The van der Waals surface area contributed by atoms with Crippen LogP contribution in [0.1, 0.15) is 80.4 Å². The van der Waals surface area contributed by atoms with Crippen molar-refractivity contribution in [1.82, 2.24) is 14.6 Å². The van der Waals surface area contributed by atoms with Gasteiger partial charge in [0, 0.05) is 32.6 Å². The van der Waals surface area contributed by atoms with Crippen LogP contribution in [-0.2, 0) is 25.6 Å². The van der Waals surface area contributed by atoms with E-state index in [0.29, 0.717) is 41.3 Å². The molecule has 1 aliphatic rings. The summed E-state index contributed by atoms with van der Waals surface area (Å²) in [7, 11) is 3.42. The van der Waals surface area contributed by atoms with Crippen LogP contribution < -0.4 is 15.9 Å². The molecule has 10 heteroatoms. The Morgan fingerprint density at radius 1 is 1.05 bits per heavy atom. The molecular weight excluding hydrogens is 531 g/mol. The number of benzene rings is 2. The SMILES string of the molecule is CCc1c(C)c(C)c(C)c(C(=O)N2CCc3nc(NC(C)c4ccc(C(F)(F)F)cc4)n(N(C)C)c(=O)c3C2)c1C. The smallest absolute Gasteiger partial charge is 0.348 e. The van der Waals surface area contributed by atoms with Crippen molar-refractivity contribution >= 4 is 11.9 Å². The summed E-state index contributed by atoms with van der Waals surface area (Å²) in [5.74, 6) is 0.205. The molecule has 3 aromatic rings. The van der Waals surface area contributed by atoms with Gasteiger partial charge in [-0.1, -0.05) is 19.1 Å². The van der Waals surface area contributed by atoms with Gasteiger partial charge in [0.05, 0.1) is 29.4 Å². The Morgan fingerprint density at radius 3 is 2.24 bits per heavy atom. The van der Waals surface area contributed by atoms with Gasteiger partial charge in [0.1, 0.15) is 0 Å². The summed E-state index contributed by atoms with van der Waals surface area (Å²) < 4.78 is 40.4. The van der Waals surface area contributed by atoms with E-state index in [1.165, 1.54) is 27.9 Å². The maximum Gasteiger partial charge on any atom is 0.416 e. The lowest BCUT2D eigenvalue weighted by atomic mass is 9.87. The van der Waals surface area contributed by atoms with E-state index in [1.54, 1.807) is 30.9 Å². The number of anilines is 1. The molecule has 0 bridgehead atoms. The van der Waals surface area contributed by atoms with Crippen molar-refractivity contribution in [3.8, 4) is 0 Å². The van der Waals surface area contributed by atoms with E-state index >= 15 is 0 Å². The van der Waals surface area contributed by atoms with Crippen LogP contribution in [0, 0.1) is 27.7 Å². The van der Waals surface area contributed by atoms with Crippen LogP contribution in [0.5, 0.6) is 0 Å². The van der Waals surface area contributed by atoms with Crippen LogP contribution in [-0.4, -0.2) is 41.1 Å². The zero-order chi connectivity index (χ0) is 30.4. The van der Waals surface area contributed by atoms with Gasteiger partial charge in [-0.15, -0.1) is 0 Å². The van der Waals surface area contributed by atoms with Gasteiger partial charge in [0.25, 0.3) is 11.5 Å². The van der Waals surface area contributed by atoms with Crippen molar-refractivity contribution in [2.24, 2.45) is 0 Å². The first kappa shape index (κ1) is 30.1. The summed E-state index contributed by atoms with van der Waals surface area (Å²) in [6.07, 6.45) is -3.17. The molecule has 7 nitrogen and oxygen atoms in total. The molecule has 1 N–H and O–H groups in total. The molecule has 0 saturated carbocycles. The van der Waals surface area contributed by atoms with Crippen molar-refractivity contribution in [2.45, 2.75) is 73.1 Å². The molecule has 1 amide bonds. The number of amides is 1. The molecule has 1 atom stereocenters. The Hall–Kier alpha value is -3.82. The fourth-order valence-corrected chi connectivity index (χ4v) is 5.76. The summed E-state index contributed by atoms with van der Waals surface area (Å²) in [4.78, 5) is 34.1. The number of hydrogen-bond donors (Lipinski definition) is 1. The van der Waals surface area contributed by atoms with Gasteiger partial charge in [-0.2, -0.15) is 17.8 Å². The fraction of sp³-hybridized carbons (Fsp3) is 0.452. The molecule has 0 fully saturated rings. The molecule has 1 aliphatic heterocycles. The molecule has 1 unspecified atom stereocenters. The Morgan fingerprint density at radius 2 is 1.68 bits per heavy atom. The van der Waals surface area contributed by atoms with E-state index in [9.17, 15) is 22.8 Å². The highest BCUT2D eigenvalue weighted by molar-refractivity contribution is 5.98. The lowest BCUT2D eigenvalue weighted by molar-refractivity contribution is -0.137. The van der Waals surface area contributed by atoms with Gasteiger partial charge in [-0.25, -0.2) is 4.98 Å². The summed E-state index contributed by atoms with van der Waals surface area (Å²) in [6.45, 7) is 12.6. The second-order valence-electron chi connectivity index (χ2n) is 11.0. The highest BCUT2D eigenvalue weighted by Crippen LogP contribution is 2.31. The maximum atomic E-state index is 13.9. The van der Waals surface area contributed by atoms with Gasteiger partial charge >= 0.3 is 6.18 Å². The highest BCUT2D eigenvalue weighted by Gasteiger charge is 2.32. The van der Waals surface area contributed by atoms with E-state index in [0.717, 1.165) is 35.2 Å². The summed E-state index contributed by atoms with van der Waals surface area (Å²) in [6, 6.07) is 4.50. The summed E-state index contributed by atoms with van der Waals surface area (Å²) in [5, 5.41) is 4.81. The molecule has 0 aliphatic carbocycles. The number of aromatic nitrogens is 2. The van der Waals surface area contributed by atoms with E-state index in [-0.39, 0.29) is 18.0 Å². The molecule has 0 saturated heterocycles. The van der Waals surface area contributed by atoms with Crippen LogP contribution in [0.25, 0.3) is 0 Å².